The van der Waals surface area contributed by atoms with Crippen molar-refractivity contribution in [2.45, 2.75) is 59.4 Å². The van der Waals surface area contributed by atoms with Crippen molar-refractivity contribution in [1.82, 2.24) is 4.57 Å². The van der Waals surface area contributed by atoms with Gasteiger partial charge in [-0.1, -0.05) is 119 Å². The maximum absolute atomic E-state index is 7.05. The van der Waals surface area contributed by atoms with Gasteiger partial charge in [0.25, 0.3) is 0 Å². The Labute approximate surface area is 322 Å². The van der Waals surface area contributed by atoms with Crippen LogP contribution in [0.25, 0.3) is 72.1 Å². The normalized spacial score (nSPS) is 16.1. The Morgan fingerprint density at radius 3 is 2.29 bits per heavy atom. The predicted molar refractivity (Wildman–Crippen MR) is 228 cm³/mol. The van der Waals surface area contributed by atoms with Crippen molar-refractivity contribution in [3.8, 4) is 28.3 Å². The molecule has 0 N–H and O–H groups in total. The van der Waals surface area contributed by atoms with Crippen LogP contribution >= 0.6 is 0 Å². The second-order valence-electron chi connectivity index (χ2n) is 18.1. The number of pyridine rings is 1. The lowest BCUT2D eigenvalue weighted by Crippen LogP contribution is -2.72. The van der Waals surface area contributed by atoms with Crippen LogP contribution in [0.15, 0.2) is 138 Å². The van der Waals surface area contributed by atoms with Gasteiger partial charge in [0.2, 0.25) is 5.69 Å². The van der Waals surface area contributed by atoms with Gasteiger partial charge in [0.1, 0.15) is 16.8 Å². The van der Waals surface area contributed by atoms with E-state index in [1.807, 2.05) is 0 Å². The summed E-state index contributed by atoms with van der Waals surface area (Å²) >= 11 is 0. The fourth-order valence-electron chi connectivity index (χ4n) is 10.1. The summed E-state index contributed by atoms with van der Waals surface area (Å²) in [5.41, 5.74) is 13.8. The van der Waals surface area contributed by atoms with Crippen molar-refractivity contribution >= 4 is 57.0 Å². The van der Waals surface area contributed by atoms with Gasteiger partial charge in [0.15, 0.2) is 22.8 Å². The fourth-order valence-corrected chi connectivity index (χ4v) is 11.7. The van der Waals surface area contributed by atoms with Gasteiger partial charge < -0.3 is 4.42 Å². The van der Waals surface area contributed by atoms with Crippen LogP contribution in [0.5, 0.6) is 0 Å². The summed E-state index contributed by atoms with van der Waals surface area (Å²) in [5.74, 6) is 1.14. The van der Waals surface area contributed by atoms with Gasteiger partial charge in [0, 0.05) is 27.4 Å². The summed E-state index contributed by atoms with van der Waals surface area (Å²) in [4.78, 5) is 0. The van der Waals surface area contributed by atoms with E-state index in [4.69, 9.17) is 4.42 Å². The van der Waals surface area contributed by atoms with E-state index in [0.717, 1.165) is 45.4 Å². The third-order valence-electron chi connectivity index (χ3n) is 12.1. The predicted octanol–water partition coefficient (Wildman–Crippen LogP) is 11.0. The third kappa shape index (κ3) is 4.33. The molecule has 0 saturated carbocycles. The van der Waals surface area contributed by atoms with Gasteiger partial charge in [0.05, 0.1) is 24.8 Å². The highest BCUT2D eigenvalue weighted by Gasteiger charge is 2.67. The lowest BCUT2D eigenvalue weighted by molar-refractivity contribution is -0.944. The van der Waals surface area contributed by atoms with Gasteiger partial charge in [-0.25, -0.2) is 0 Å². The first kappa shape index (κ1) is 32.6. The van der Waals surface area contributed by atoms with E-state index in [9.17, 15) is 0 Å². The number of imidazole rings is 1. The molecule has 1 spiro atoms. The molecule has 55 heavy (non-hydrogen) atoms. The minimum Gasteiger partial charge on any atom is -0.455 e. The molecule has 11 rings (SSSR count). The first-order chi connectivity index (χ1) is 26.4. The van der Waals surface area contributed by atoms with Crippen LogP contribution in [0.3, 0.4) is 0 Å². The zero-order valence-electron chi connectivity index (χ0n) is 32.7. The minimum atomic E-state index is -1.84. The van der Waals surface area contributed by atoms with E-state index in [1.165, 1.54) is 60.5 Å². The summed E-state index contributed by atoms with van der Waals surface area (Å²) in [6.07, 6.45) is 3.61. The lowest BCUT2D eigenvalue weighted by Gasteiger charge is -2.26. The number of rotatable bonds is 3. The number of aryl methyl sites for hydroxylation is 1. The Morgan fingerprint density at radius 2 is 1.47 bits per heavy atom. The van der Waals surface area contributed by atoms with Crippen LogP contribution < -0.4 is 14.3 Å². The molecular weight excluding hydrogens is 687 g/mol. The van der Waals surface area contributed by atoms with E-state index in [0.29, 0.717) is 0 Å². The van der Waals surface area contributed by atoms with Gasteiger partial charge >= 0.3 is 11.5 Å². The molecule has 0 aliphatic carbocycles. The number of para-hydroxylation sites is 3. The molecule has 5 heteroatoms. The molecule has 0 radical (unpaired) electrons. The zero-order valence-corrected chi connectivity index (χ0v) is 33.7. The second kappa shape index (κ2) is 10.9. The van der Waals surface area contributed by atoms with Gasteiger partial charge in [-0.3, -0.25) is 0 Å². The number of furan rings is 1. The van der Waals surface area contributed by atoms with Crippen LogP contribution in [0.2, 0.25) is 19.6 Å². The highest BCUT2D eigenvalue weighted by Crippen LogP contribution is 2.53. The van der Waals surface area contributed by atoms with Crippen molar-refractivity contribution in [2.24, 2.45) is 5.41 Å². The first-order valence-corrected chi connectivity index (χ1v) is 23.2. The Hall–Kier alpha value is -5.78. The number of hydrogen-bond donors (Lipinski definition) is 0. The molecule has 3 aromatic heterocycles. The number of fused-ring (bicyclic) bond motifs is 17. The van der Waals surface area contributed by atoms with Crippen LogP contribution in [0.4, 0.5) is 0 Å². The molecule has 0 fully saturated rings. The number of nitrogens with zero attached hydrogens (tertiary/aromatic N) is 3. The molecule has 6 aromatic carbocycles. The van der Waals surface area contributed by atoms with E-state index in [-0.39, 0.29) is 5.41 Å². The van der Waals surface area contributed by atoms with E-state index in [2.05, 4.69) is 195 Å². The van der Waals surface area contributed by atoms with Crippen LogP contribution in [0, 0.1) is 12.3 Å². The van der Waals surface area contributed by atoms with Gasteiger partial charge in [-0.2, -0.15) is 4.57 Å². The summed E-state index contributed by atoms with van der Waals surface area (Å²) in [6, 6.07) is 47.4. The summed E-state index contributed by atoms with van der Waals surface area (Å²) in [6.45, 7) is 16.9. The second-order valence-corrected chi connectivity index (χ2v) is 23.2. The Morgan fingerprint density at radius 1 is 0.727 bits per heavy atom. The highest BCUT2D eigenvalue weighted by atomic mass is 28.3. The van der Waals surface area contributed by atoms with Crippen LogP contribution in [-0.4, -0.2) is 12.6 Å². The fraction of sp³-hybridized carbons (Fsp3) is 0.200. The maximum atomic E-state index is 7.05. The smallest absolute Gasteiger partial charge is 0.364 e. The van der Waals surface area contributed by atoms with Gasteiger partial charge in [-0.15, -0.1) is 9.13 Å². The standard InChI is InChI=1S/C50H45N3OSi/c1-31-23-24-37-39(27-31)50(51-30-45(55(5,6)7)33(28-43(37)51)29-49(2,3)4)38-26-25-36-35-18-10-13-22-44(35)54-47(36)46(38)48-52(41-19-11-12-20-42(41)53(48)50)40-21-14-16-32-15-8-9-17-34(32)40/h8-28,30H,29H2,1-7H3/q+2. The molecular formula is C50H45N3OSi+2. The quantitative estimate of drug-likeness (QED) is 0.131. The molecule has 1 unspecified atom stereocenters. The molecule has 4 nitrogen and oxygen atoms in total. The molecule has 2 aliphatic rings. The molecule has 1 atom stereocenters. The zero-order chi connectivity index (χ0) is 37.6. The number of aromatic nitrogens is 3. The van der Waals surface area contributed by atoms with Crippen LogP contribution in [-0.2, 0) is 12.1 Å². The largest absolute Gasteiger partial charge is 0.455 e. The summed E-state index contributed by atoms with van der Waals surface area (Å²) in [5, 5.41) is 6.25. The topological polar surface area (TPSA) is 25.8 Å². The van der Waals surface area contributed by atoms with E-state index in [1.54, 1.807) is 0 Å². The minimum absolute atomic E-state index is 0.153. The molecule has 0 amide bonds. The Kier molecular flexibility index (Phi) is 6.48. The summed E-state index contributed by atoms with van der Waals surface area (Å²) in [7, 11) is -1.84. The first-order valence-electron chi connectivity index (χ1n) is 19.7. The molecule has 0 bridgehead atoms. The number of hydrogen-bond acceptors (Lipinski definition) is 1. The van der Waals surface area contributed by atoms with Crippen molar-refractivity contribution in [3.05, 3.63) is 156 Å². The molecule has 5 heterocycles. The van der Waals surface area contributed by atoms with Crippen molar-refractivity contribution in [3.63, 3.8) is 0 Å². The highest BCUT2D eigenvalue weighted by molar-refractivity contribution is 6.89. The van der Waals surface area contributed by atoms with E-state index < -0.39 is 13.7 Å². The maximum Gasteiger partial charge on any atom is 0.364 e. The third-order valence-corrected chi connectivity index (χ3v) is 14.2. The number of benzene rings is 6. The lowest BCUT2D eigenvalue weighted by atomic mass is 9.87. The molecule has 268 valence electrons. The van der Waals surface area contributed by atoms with Crippen LogP contribution in [0.1, 0.15) is 43.0 Å². The monoisotopic (exact) mass is 731 g/mol. The average Bonchev–Trinajstić information content (AvgIpc) is 3.86. The van der Waals surface area contributed by atoms with Crippen molar-refractivity contribution in [2.75, 3.05) is 0 Å². The van der Waals surface area contributed by atoms with Crippen molar-refractivity contribution in [1.29, 1.82) is 0 Å². The average molecular weight is 732 g/mol. The molecule has 9 aromatic rings. The molecule has 0 saturated heterocycles. The SMILES string of the molecule is Cc1ccc2c(c1)C1(c3ccc4c(oc5ccccc54)c3-c3n(-c4cccc5ccccc45)c4ccccc4[n+]31)[n+]1cc([Si](C)(C)C)c(CC(C)(C)C)cc1-2. The van der Waals surface area contributed by atoms with Crippen molar-refractivity contribution < 1.29 is 13.6 Å². The Bertz CT molecular complexity index is 3110. The Balaban J connectivity index is 1.39. The van der Waals surface area contributed by atoms with Gasteiger partial charge in [-0.05, 0) is 78.2 Å². The summed E-state index contributed by atoms with van der Waals surface area (Å²) < 4.78 is 14.9. The van der Waals surface area contributed by atoms with E-state index >= 15 is 0 Å². The molecule has 2 aliphatic heterocycles.